The van der Waals surface area contributed by atoms with E-state index in [0.717, 1.165) is 16.8 Å². The number of nitro groups is 1. The Morgan fingerprint density at radius 2 is 2.00 bits per heavy atom. The van der Waals surface area contributed by atoms with Crippen LogP contribution in [0, 0.1) is 17.0 Å². The lowest BCUT2D eigenvalue weighted by Gasteiger charge is -1.99. The molecule has 0 bridgehead atoms. The fraction of sp³-hybridized carbons (Fsp3) is 0.0526. The minimum Gasteiger partial charge on any atom is -0.298 e. The number of carbonyl (C=O) groups excluding carboxylic acids is 1. The van der Waals surface area contributed by atoms with Crippen LogP contribution in [0.2, 0.25) is 5.02 Å². The van der Waals surface area contributed by atoms with E-state index in [1.165, 1.54) is 35.6 Å². The highest BCUT2D eigenvalue weighted by molar-refractivity contribution is 7.14. The number of nitro benzene ring substituents is 1. The number of benzene rings is 2. The van der Waals surface area contributed by atoms with Gasteiger partial charge in [-0.3, -0.25) is 20.2 Å². The number of hydrogen-bond donors (Lipinski definition) is 1. The fourth-order valence-corrected chi connectivity index (χ4v) is 3.19. The summed E-state index contributed by atoms with van der Waals surface area (Å²) in [5.74, 6) is -0.377. The van der Waals surface area contributed by atoms with E-state index in [0.29, 0.717) is 10.7 Å². The molecule has 0 unspecified atom stereocenters. The zero-order valence-electron chi connectivity index (χ0n) is 14.2. The summed E-state index contributed by atoms with van der Waals surface area (Å²) in [5, 5.41) is 16.0. The molecule has 6 nitrogen and oxygen atoms in total. The normalized spacial score (nSPS) is 10.9. The van der Waals surface area contributed by atoms with Crippen LogP contribution >= 0.6 is 22.9 Å². The third-order valence-electron chi connectivity index (χ3n) is 3.68. The standard InChI is InChI=1S/C19H14ClN3O3S/c1-12-2-6-14(7-3-12)16-11-27-19(21-16)22-18(24)9-5-13-4-8-15(20)17(10-13)23(25)26/h2-11H,1H3,(H,21,22,24). The maximum absolute atomic E-state index is 12.1. The number of carbonyl (C=O) groups is 1. The van der Waals surface area contributed by atoms with Crippen LogP contribution < -0.4 is 5.32 Å². The lowest BCUT2D eigenvalue weighted by atomic mass is 10.1. The van der Waals surface area contributed by atoms with E-state index in [2.05, 4.69) is 10.3 Å². The zero-order valence-corrected chi connectivity index (χ0v) is 15.8. The van der Waals surface area contributed by atoms with Crippen molar-refractivity contribution in [3.05, 3.63) is 80.2 Å². The largest absolute Gasteiger partial charge is 0.298 e. The van der Waals surface area contributed by atoms with Crippen molar-refractivity contribution >= 4 is 45.7 Å². The maximum atomic E-state index is 12.1. The summed E-state index contributed by atoms with van der Waals surface area (Å²) < 4.78 is 0. The summed E-state index contributed by atoms with van der Waals surface area (Å²) in [6.07, 6.45) is 2.77. The van der Waals surface area contributed by atoms with Gasteiger partial charge in [0.05, 0.1) is 10.6 Å². The van der Waals surface area contributed by atoms with Crippen LogP contribution in [0.15, 0.2) is 53.9 Å². The molecule has 136 valence electrons. The Bertz CT molecular complexity index is 1030. The van der Waals surface area contributed by atoms with Crippen molar-refractivity contribution in [1.82, 2.24) is 4.98 Å². The van der Waals surface area contributed by atoms with Crippen molar-refractivity contribution in [2.24, 2.45) is 0 Å². The fourth-order valence-electron chi connectivity index (χ4n) is 2.28. The molecule has 0 spiro atoms. The Hall–Kier alpha value is -3.03. The number of anilines is 1. The van der Waals surface area contributed by atoms with E-state index < -0.39 is 4.92 Å². The molecular formula is C19H14ClN3O3S. The van der Waals surface area contributed by atoms with Crippen LogP contribution in [0.3, 0.4) is 0 Å². The van der Waals surface area contributed by atoms with Crippen molar-refractivity contribution in [3.63, 3.8) is 0 Å². The molecule has 0 saturated heterocycles. The third-order valence-corrected chi connectivity index (χ3v) is 4.75. The van der Waals surface area contributed by atoms with Crippen molar-refractivity contribution < 1.29 is 9.72 Å². The molecule has 1 amide bonds. The van der Waals surface area contributed by atoms with Gasteiger partial charge in [-0.25, -0.2) is 4.98 Å². The first kappa shape index (κ1) is 18.8. The minimum absolute atomic E-state index is 0.0491. The van der Waals surface area contributed by atoms with Gasteiger partial charge in [-0.2, -0.15) is 0 Å². The van der Waals surface area contributed by atoms with Gasteiger partial charge in [0.2, 0.25) is 5.91 Å². The molecule has 0 fully saturated rings. The number of thiazole rings is 1. The number of hydrogen-bond acceptors (Lipinski definition) is 5. The highest BCUT2D eigenvalue weighted by Gasteiger charge is 2.12. The first-order valence-electron chi connectivity index (χ1n) is 7.88. The second-order valence-electron chi connectivity index (χ2n) is 5.69. The van der Waals surface area contributed by atoms with Crippen molar-refractivity contribution in [1.29, 1.82) is 0 Å². The first-order chi connectivity index (χ1) is 12.9. The summed E-state index contributed by atoms with van der Waals surface area (Å²) in [7, 11) is 0. The van der Waals surface area contributed by atoms with E-state index in [4.69, 9.17) is 11.6 Å². The SMILES string of the molecule is Cc1ccc(-c2csc(NC(=O)C=Cc3ccc(Cl)c([N+](=O)[O-])c3)n2)cc1. The van der Waals surface area contributed by atoms with Gasteiger partial charge >= 0.3 is 0 Å². The van der Waals surface area contributed by atoms with Crippen LogP contribution in [0.4, 0.5) is 10.8 Å². The van der Waals surface area contributed by atoms with Gasteiger partial charge in [-0.05, 0) is 24.6 Å². The number of amides is 1. The number of rotatable bonds is 5. The van der Waals surface area contributed by atoms with Crippen molar-refractivity contribution in [2.75, 3.05) is 5.32 Å². The molecule has 27 heavy (non-hydrogen) atoms. The van der Waals surface area contributed by atoms with Crippen molar-refractivity contribution in [2.45, 2.75) is 6.92 Å². The van der Waals surface area contributed by atoms with E-state index in [9.17, 15) is 14.9 Å². The molecule has 0 radical (unpaired) electrons. The van der Waals surface area contributed by atoms with E-state index in [-0.39, 0.29) is 16.6 Å². The van der Waals surface area contributed by atoms with Crippen molar-refractivity contribution in [3.8, 4) is 11.3 Å². The molecule has 2 aromatic carbocycles. The molecule has 0 atom stereocenters. The van der Waals surface area contributed by atoms with Gasteiger partial charge in [-0.15, -0.1) is 11.3 Å². The minimum atomic E-state index is -0.568. The van der Waals surface area contributed by atoms with Gasteiger partial charge in [-0.1, -0.05) is 47.5 Å². The van der Waals surface area contributed by atoms with Crippen LogP contribution in [0.25, 0.3) is 17.3 Å². The van der Waals surface area contributed by atoms with Gasteiger partial charge in [0.25, 0.3) is 5.69 Å². The van der Waals surface area contributed by atoms with Gasteiger partial charge in [0.15, 0.2) is 5.13 Å². The molecular weight excluding hydrogens is 386 g/mol. The lowest BCUT2D eigenvalue weighted by Crippen LogP contribution is -2.07. The smallest absolute Gasteiger partial charge is 0.288 e. The summed E-state index contributed by atoms with van der Waals surface area (Å²) in [6.45, 7) is 2.01. The van der Waals surface area contributed by atoms with E-state index in [1.807, 2.05) is 36.6 Å². The zero-order chi connectivity index (χ0) is 19.4. The van der Waals surface area contributed by atoms with Crippen LogP contribution in [-0.2, 0) is 4.79 Å². The average Bonchev–Trinajstić information content (AvgIpc) is 3.09. The third kappa shape index (κ3) is 4.78. The van der Waals surface area contributed by atoms with E-state index >= 15 is 0 Å². The molecule has 0 aliphatic rings. The molecule has 1 aromatic heterocycles. The monoisotopic (exact) mass is 399 g/mol. The van der Waals surface area contributed by atoms with Crippen LogP contribution in [0.1, 0.15) is 11.1 Å². The molecule has 8 heteroatoms. The Balaban J connectivity index is 1.68. The van der Waals surface area contributed by atoms with Gasteiger partial charge in [0, 0.05) is 23.1 Å². The molecule has 0 saturated carbocycles. The highest BCUT2D eigenvalue weighted by atomic mass is 35.5. The predicted molar refractivity (Wildman–Crippen MR) is 108 cm³/mol. The number of nitrogens with one attached hydrogen (secondary N) is 1. The first-order valence-corrected chi connectivity index (χ1v) is 9.14. The summed E-state index contributed by atoms with van der Waals surface area (Å²) in [5.41, 5.74) is 3.21. The van der Waals surface area contributed by atoms with Crippen LogP contribution in [0.5, 0.6) is 0 Å². The van der Waals surface area contributed by atoms with Crippen LogP contribution in [-0.4, -0.2) is 15.8 Å². The Labute approximate surface area is 164 Å². The molecule has 1 heterocycles. The second-order valence-corrected chi connectivity index (χ2v) is 6.96. The topological polar surface area (TPSA) is 85.1 Å². The Morgan fingerprint density at radius 3 is 2.70 bits per heavy atom. The van der Waals surface area contributed by atoms with Gasteiger partial charge < -0.3 is 0 Å². The molecule has 1 N–H and O–H groups in total. The maximum Gasteiger partial charge on any atom is 0.288 e. The summed E-state index contributed by atoms with van der Waals surface area (Å²) in [4.78, 5) is 26.8. The number of aryl methyl sites for hydroxylation is 1. The summed E-state index contributed by atoms with van der Waals surface area (Å²) in [6, 6.07) is 12.3. The quantitative estimate of drug-likeness (QED) is 0.357. The Morgan fingerprint density at radius 1 is 1.26 bits per heavy atom. The molecule has 0 aliphatic carbocycles. The highest BCUT2D eigenvalue weighted by Crippen LogP contribution is 2.26. The average molecular weight is 400 g/mol. The number of halogens is 1. The number of aromatic nitrogens is 1. The molecule has 3 aromatic rings. The number of nitrogens with zero attached hydrogens (tertiary/aromatic N) is 2. The van der Waals surface area contributed by atoms with Gasteiger partial charge in [0.1, 0.15) is 5.02 Å². The molecule has 3 rings (SSSR count). The predicted octanol–water partition coefficient (Wildman–Crippen LogP) is 5.33. The second kappa shape index (κ2) is 8.11. The lowest BCUT2D eigenvalue weighted by molar-refractivity contribution is -0.384. The summed E-state index contributed by atoms with van der Waals surface area (Å²) >= 11 is 7.09. The Kier molecular flexibility index (Phi) is 5.63. The van der Waals surface area contributed by atoms with E-state index in [1.54, 1.807) is 6.07 Å². The molecule has 0 aliphatic heterocycles.